The Bertz CT molecular complexity index is 584. The summed E-state index contributed by atoms with van der Waals surface area (Å²) in [6.45, 7) is 2.41. The molecule has 1 N–H and O–H groups in total. The van der Waals surface area contributed by atoms with Crippen LogP contribution in [-0.4, -0.2) is 19.1 Å². The maximum atomic E-state index is 13.1. The fourth-order valence-corrected chi connectivity index (χ4v) is 1.74. The molecule has 20 heavy (non-hydrogen) atoms. The highest BCUT2D eigenvalue weighted by atomic mass is 19.1. The third-order valence-electron chi connectivity index (χ3n) is 2.82. The summed E-state index contributed by atoms with van der Waals surface area (Å²) in [5.74, 6) is 0.220. The largest absolute Gasteiger partial charge is 0.492 e. The van der Waals surface area contributed by atoms with E-state index in [1.807, 2.05) is 30.3 Å². The zero-order chi connectivity index (χ0) is 14.4. The predicted octanol–water partition coefficient (Wildman–Crippen LogP) is 2.94. The van der Waals surface area contributed by atoms with Crippen LogP contribution in [0.25, 0.3) is 0 Å². The zero-order valence-corrected chi connectivity index (χ0v) is 11.2. The van der Waals surface area contributed by atoms with Crippen molar-refractivity contribution in [1.82, 2.24) is 5.32 Å². The van der Waals surface area contributed by atoms with Crippen molar-refractivity contribution >= 4 is 5.91 Å². The molecule has 0 aliphatic carbocycles. The number of ether oxygens (including phenoxy) is 1. The Morgan fingerprint density at radius 3 is 2.65 bits per heavy atom. The van der Waals surface area contributed by atoms with Crippen LogP contribution >= 0.6 is 0 Å². The molecule has 0 aliphatic rings. The van der Waals surface area contributed by atoms with Gasteiger partial charge >= 0.3 is 0 Å². The average molecular weight is 273 g/mol. The van der Waals surface area contributed by atoms with E-state index in [4.69, 9.17) is 4.74 Å². The van der Waals surface area contributed by atoms with E-state index in [-0.39, 0.29) is 11.7 Å². The molecule has 0 atom stereocenters. The molecular weight excluding hydrogens is 257 g/mol. The molecule has 2 aromatic rings. The SMILES string of the molecule is Cc1cc(C(=O)NCCOc2ccccc2)ccc1F. The van der Waals surface area contributed by atoms with E-state index >= 15 is 0 Å². The maximum Gasteiger partial charge on any atom is 0.251 e. The lowest BCUT2D eigenvalue weighted by Crippen LogP contribution is -2.28. The van der Waals surface area contributed by atoms with Gasteiger partial charge in [0.15, 0.2) is 0 Å². The molecule has 4 heteroatoms. The van der Waals surface area contributed by atoms with Gasteiger partial charge < -0.3 is 10.1 Å². The summed E-state index contributed by atoms with van der Waals surface area (Å²) < 4.78 is 18.6. The van der Waals surface area contributed by atoms with Crippen LogP contribution in [0.15, 0.2) is 48.5 Å². The molecule has 0 fully saturated rings. The molecule has 1 amide bonds. The van der Waals surface area contributed by atoms with Crippen LogP contribution in [0, 0.1) is 12.7 Å². The number of hydrogen-bond acceptors (Lipinski definition) is 2. The fraction of sp³-hybridized carbons (Fsp3) is 0.188. The van der Waals surface area contributed by atoms with Gasteiger partial charge in [-0.15, -0.1) is 0 Å². The van der Waals surface area contributed by atoms with Crippen LogP contribution in [0.1, 0.15) is 15.9 Å². The summed E-state index contributed by atoms with van der Waals surface area (Å²) in [6, 6.07) is 13.7. The fourth-order valence-electron chi connectivity index (χ4n) is 1.74. The first kappa shape index (κ1) is 14.1. The molecule has 2 aromatic carbocycles. The molecule has 3 nitrogen and oxygen atoms in total. The number of aryl methyl sites for hydroxylation is 1. The van der Waals surface area contributed by atoms with E-state index in [1.165, 1.54) is 18.2 Å². The number of halogens is 1. The minimum atomic E-state index is -0.311. The van der Waals surface area contributed by atoms with Gasteiger partial charge in [0.2, 0.25) is 0 Å². The summed E-state index contributed by atoms with van der Waals surface area (Å²) in [4.78, 5) is 11.8. The summed E-state index contributed by atoms with van der Waals surface area (Å²) in [7, 11) is 0. The Labute approximate surface area is 117 Å². The van der Waals surface area contributed by atoms with E-state index in [0.717, 1.165) is 5.75 Å². The summed E-state index contributed by atoms with van der Waals surface area (Å²) in [6.07, 6.45) is 0. The Morgan fingerprint density at radius 1 is 1.20 bits per heavy atom. The highest BCUT2D eigenvalue weighted by molar-refractivity contribution is 5.94. The van der Waals surface area contributed by atoms with E-state index in [1.54, 1.807) is 6.92 Å². The number of hydrogen-bond donors (Lipinski definition) is 1. The molecule has 0 heterocycles. The van der Waals surface area contributed by atoms with Crippen molar-refractivity contribution in [2.45, 2.75) is 6.92 Å². The monoisotopic (exact) mass is 273 g/mol. The first-order valence-electron chi connectivity index (χ1n) is 6.39. The first-order chi connectivity index (χ1) is 9.66. The lowest BCUT2D eigenvalue weighted by molar-refractivity contribution is 0.0947. The maximum absolute atomic E-state index is 13.1. The molecule has 0 aromatic heterocycles. The molecule has 104 valence electrons. The normalized spacial score (nSPS) is 10.1. The van der Waals surface area contributed by atoms with E-state index in [9.17, 15) is 9.18 Å². The second-order valence-electron chi connectivity index (χ2n) is 4.38. The molecule has 0 radical (unpaired) electrons. The van der Waals surface area contributed by atoms with Crippen LogP contribution in [-0.2, 0) is 0 Å². The number of benzene rings is 2. The number of carbonyl (C=O) groups is 1. The molecule has 0 spiro atoms. The van der Waals surface area contributed by atoms with Gasteiger partial charge in [-0.1, -0.05) is 18.2 Å². The van der Waals surface area contributed by atoms with Crippen molar-refractivity contribution in [1.29, 1.82) is 0 Å². The average Bonchev–Trinajstić information content (AvgIpc) is 2.47. The lowest BCUT2D eigenvalue weighted by Gasteiger charge is -2.08. The van der Waals surface area contributed by atoms with Gasteiger partial charge in [-0.3, -0.25) is 4.79 Å². The van der Waals surface area contributed by atoms with Crippen LogP contribution in [0.2, 0.25) is 0 Å². The van der Waals surface area contributed by atoms with Gasteiger partial charge in [0.05, 0.1) is 6.54 Å². The Kier molecular flexibility index (Phi) is 4.71. The van der Waals surface area contributed by atoms with Gasteiger partial charge in [0, 0.05) is 5.56 Å². The van der Waals surface area contributed by atoms with Gasteiger partial charge in [-0.2, -0.15) is 0 Å². The van der Waals surface area contributed by atoms with Gasteiger partial charge in [-0.05, 0) is 42.8 Å². The number of amides is 1. The number of carbonyl (C=O) groups excluding carboxylic acids is 1. The highest BCUT2D eigenvalue weighted by Crippen LogP contribution is 2.09. The zero-order valence-electron chi connectivity index (χ0n) is 11.2. The van der Waals surface area contributed by atoms with Crippen LogP contribution in [0.4, 0.5) is 4.39 Å². The Hall–Kier alpha value is -2.36. The van der Waals surface area contributed by atoms with Gasteiger partial charge in [0.25, 0.3) is 5.91 Å². The van der Waals surface area contributed by atoms with E-state index in [0.29, 0.717) is 24.3 Å². The molecular formula is C16H16FNO2. The Morgan fingerprint density at radius 2 is 1.95 bits per heavy atom. The molecule has 0 saturated carbocycles. The number of rotatable bonds is 5. The van der Waals surface area contributed by atoms with Crippen molar-refractivity contribution in [3.63, 3.8) is 0 Å². The minimum Gasteiger partial charge on any atom is -0.492 e. The molecule has 0 saturated heterocycles. The lowest BCUT2D eigenvalue weighted by atomic mass is 10.1. The van der Waals surface area contributed by atoms with E-state index < -0.39 is 0 Å². The summed E-state index contributed by atoms with van der Waals surface area (Å²) in [5, 5.41) is 2.73. The first-order valence-corrected chi connectivity index (χ1v) is 6.39. The van der Waals surface area contributed by atoms with Crippen molar-refractivity contribution in [3.05, 3.63) is 65.5 Å². The predicted molar refractivity (Wildman–Crippen MR) is 75.4 cm³/mol. The topological polar surface area (TPSA) is 38.3 Å². The molecule has 0 unspecified atom stereocenters. The molecule has 0 bridgehead atoms. The quantitative estimate of drug-likeness (QED) is 0.851. The van der Waals surface area contributed by atoms with Crippen molar-refractivity contribution in [2.24, 2.45) is 0 Å². The highest BCUT2D eigenvalue weighted by Gasteiger charge is 2.07. The number of nitrogens with one attached hydrogen (secondary N) is 1. The smallest absolute Gasteiger partial charge is 0.251 e. The third-order valence-corrected chi connectivity index (χ3v) is 2.82. The molecule has 2 rings (SSSR count). The second kappa shape index (κ2) is 6.70. The minimum absolute atomic E-state index is 0.232. The van der Waals surface area contributed by atoms with Gasteiger partial charge in [-0.25, -0.2) is 4.39 Å². The standard InChI is InChI=1S/C16H16FNO2/c1-12-11-13(7-8-15(12)17)16(19)18-9-10-20-14-5-3-2-4-6-14/h2-8,11H,9-10H2,1H3,(H,18,19). The molecule has 0 aliphatic heterocycles. The van der Waals surface area contributed by atoms with Crippen LogP contribution < -0.4 is 10.1 Å². The van der Waals surface area contributed by atoms with E-state index in [2.05, 4.69) is 5.32 Å². The second-order valence-corrected chi connectivity index (χ2v) is 4.38. The van der Waals surface area contributed by atoms with Gasteiger partial charge in [0.1, 0.15) is 18.2 Å². The van der Waals surface area contributed by atoms with Crippen molar-refractivity contribution < 1.29 is 13.9 Å². The third kappa shape index (κ3) is 3.82. The van der Waals surface area contributed by atoms with Crippen LogP contribution in [0.3, 0.4) is 0 Å². The summed E-state index contributed by atoms with van der Waals surface area (Å²) >= 11 is 0. The number of para-hydroxylation sites is 1. The summed E-state index contributed by atoms with van der Waals surface area (Å²) in [5.41, 5.74) is 0.904. The van der Waals surface area contributed by atoms with Crippen molar-refractivity contribution in [3.8, 4) is 5.75 Å². The van der Waals surface area contributed by atoms with Crippen LogP contribution in [0.5, 0.6) is 5.75 Å². The Balaban J connectivity index is 1.79. The van der Waals surface area contributed by atoms with Crippen molar-refractivity contribution in [2.75, 3.05) is 13.2 Å².